The number of anilines is 1. The van der Waals surface area contributed by atoms with E-state index in [1.54, 1.807) is 23.6 Å². The van der Waals surface area contributed by atoms with Crippen molar-refractivity contribution in [3.63, 3.8) is 0 Å². The molecule has 1 aliphatic heterocycles. The molecular weight excluding hydrogens is 371 g/mol. The van der Waals surface area contributed by atoms with Gasteiger partial charge < -0.3 is 16.0 Å². The second-order valence-electron chi connectivity index (χ2n) is 6.22. The molecule has 3 rings (SSSR count). The van der Waals surface area contributed by atoms with E-state index in [9.17, 15) is 18.8 Å². The van der Waals surface area contributed by atoms with Crippen molar-refractivity contribution in [3.8, 4) is 0 Å². The molecule has 0 bridgehead atoms. The zero-order chi connectivity index (χ0) is 19.2. The summed E-state index contributed by atoms with van der Waals surface area (Å²) in [5.41, 5.74) is 0.940. The molecule has 1 fully saturated rings. The maximum atomic E-state index is 13.5. The second kappa shape index (κ2) is 8.72. The van der Waals surface area contributed by atoms with Crippen molar-refractivity contribution in [2.45, 2.75) is 25.8 Å². The van der Waals surface area contributed by atoms with Crippen LogP contribution in [-0.2, 0) is 27.3 Å². The first-order chi connectivity index (χ1) is 13.0. The van der Waals surface area contributed by atoms with Crippen LogP contribution in [-0.4, -0.2) is 29.3 Å². The number of thiazole rings is 1. The fourth-order valence-electron chi connectivity index (χ4n) is 2.67. The lowest BCUT2D eigenvalue weighted by Crippen LogP contribution is -2.40. The summed E-state index contributed by atoms with van der Waals surface area (Å²) in [4.78, 5) is 39.6. The summed E-state index contributed by atoms with van der Waals surface area (Å²) >= 11 is 1.23. The van der Waals surface area contributed by atoms with Crippen molar-refractivity contribution in [2.24, 2.45) is 5.92 Å². The van der Waals surface area contributed by atoms with Gasteiger partial charge in [0.25, 0.3) is 0 Å². The molecule has 1 aromatic carbocycles. The topological polar surface area (TPSA) is 100 Å². The first kappa shape index (κ1) is 19.0. The lowest BCUT2D eigenvalue weighted by molar-refractivity contribution is -0.126. The Morgan fingerprint density at radius 2 is 2.15 bits per heavy atom. The minimum atomic E-state index is -0.365. The van der Waals surface area contributed by atoms with Crippen molar-refractivity contribution in [2.75, 3.05) is 11.9 Å². The van der Waals surface area contributed by atoms with E-state index in [1.807, 2.05) is 0 Å². The Kier molecular flexibility index (Phi) is 6.12. The molecule has 1 aromatic heterocycles. The van der Waals surface area contributed by atoms with Crippen LogP contribution in [0, 0.1) is 11.7 Å². The molecule has 142 valence electrons. The molecule has 3 N–H and O–H groups in total. The summed E-state index contributed by atoms with van der Waals surface area (Å²) in [5.74, 6) is -1.16. The maximum Gasteiger partial charge on any atom is 0.231 e. The Morgan fingerprint density at radius 3 is 2.89 bits per heavy atom. The summed E-state index contributed by atoms with van der Waals surface area (Å²) in [7, 11) is 0. The number of halogens is 1. The van der Waals surface area contributed by atoms with Gasteiger partial charge in [-0.25, -0.2) is 9.37 Å². The van der Waals surface area contributed by atoms with E-state index in [-0.39, 0.29) is 42.4 Å². The first-order valence-corrected chi connectivity index (χ1v) is 9.41. The predicted octanol–water partition coefficient (Wildman–Crippen LogP) is 1.61. The number of rotatable bonds is 6. The van der Waals surface area contributed by atoms with Gasteiger partial charge in [0.05, 0.1) is 18.0 Å². The Balaban J connectivity index is 1.47. The zero-order valence-electron chi connectivity index (χ0n) is 14.5. The van der Waals surface area contributed by atoms with Crippen molar-refractivity contribution in [1.82, 2.24) is 15.6 Å². The highest BCUT2D eigenvalue weighted by molar-refractivity contribution is 7.13. The largest absolute Gasteiger partial charge is 0.355 e. The third-order valence-corrected chi connectivity index (χ3v) is 5.00. The van der Waals surface area contributed by atoms with E-state index < -0.39 is 0 Å². The lowest BCUT2D eigenvalue weighted by Gasteiger charge is -2.20. The quantitative estimate of drug-likeness (QED) is 0.698. The molecule has 0 spiro atoms. The summed E-state index contributed by atoms with van der Waals surface area (Å²) < 4.78 is 13.5. The van der Waals surface area contributed by atoms with Crippen LogP contribution in [0.5, 0.6) is 0 Å². The van der Waals surface area contributed by atoms with E-state index in [2.05, 4.69) is 20.9 Å². The monoisotopic (exact) mass is 390 g/mol. The number of amides is 3. The molecule has 7 nitrogen and oxygen atoms in total. The smallest absolute Gasteiger partial charge is 0.231 e. The molecule has 1 saturated heterocycles. The van der Waals surface area contributed by atoms with Gasteiger partial charge in [0.15, 0.2) is 5.13 Å². The van der Waals surface area contributed by atoms with Crippen LogP contribution >= 0.6 is 11.3 Å². The molecule has 2 heterocycles. The number of nitrogens with zero attached hydrogens (tertiary/aromatic N) is 1. The molecule has 2 aromatic rings. The van der Waals surface area contributed by atoms with Crippen molar-refractivity contribution in [3.05, 3.63) is 46.7 Å². The molecule has 0 aliphatic carbocycles. The van der Waals surface area contributed by atoms with Gasteiger partial charge in [-0.3, -0.25) is 14.4 Å². The molecule has 1 aliphatic rings. The molecule has 0 radical (unpaired) electrons. The lowest BCUT2D eigenvalue weighted by atomic mass is 9.98. The van der Waals surface area contributed by atoms with Gasteiger partial charge in [-0.1, -0.05) is 18.2 Å². The van der Waals surface area contributed by atoms with E-state index in [1.165, 1.54) is 17.4 Å². The van der Waals surface area contributed by atoms with E-state index in [4.69, 9.17) is 0 Å². The molecule has 9 heteroatoms. The number of hydrogen-bond acceptors (Lipinski definition) is 5. The number of benzene rings is 1. The average molecular weight is 390 g/mol. The summed E-state index contributed by atoms with van der Waals surface area (Å²) in [6.07, 6.45) is 0.887. The van der Waals surface area contributed by atoms with Gasteiger partial charge in [0, 0.05) is 30.5 Å². The van der Waals surface area contributed by atoms with Crippen LogP contribution < -0.4 is 16.0 Å². The molecule has 3 amide bonds. The predicted molar refractivity (Wildman–Crippen MR) is 98.4 cm³/mol. The molecule has 27 heavy (non-hydrogen) atoms. The number of nitrogens with one attached hydrogen (secondary N) is 3. The highest BCUT2D eigenvalue weighted by atomic mass is 32.1. The highest BCUT2D eigenvalue weighted by Crippen LogP contribution is 2.19. The first-order valence-electron chi connectivity index (χ1n) is 8.53. The van der Waals surface area contributed by atoms with E-state index in [0.717, 1.165) is 0 Å². The van der Waals surface area contributed by atoms with Crippen molar-refractivity contribution >= 4 is 34.2 Å². The minimum Gasteiger partial charge on any atom is -0.355 e. The number of carbonyl (C=O) groups excluding carboxylic acids is 3. The van der Waals surface area contributed by atoms with Crippen molar-refractivity contribution in [1.29, 1.82) is 0 Å². The van der Waals surface area contributed by atoms with E-state index >= 15 is 0 Å². The molecule has 0 saturated carbocycles. The molecule has 1 atom stereocenters. The van der Waals surface area contributed by atoms with Crippen LogP contribution in [0.4, 0.5) is 9.52 Å². The normalized spacial score (nSPS) is 16.5. The fraction of sp³-hybridized carbons (Fsp3) is 0.333. The van der Waals surface area contributed by atoms with Crippen LogP contribution in [0.3, 0.4) is 0 Å². The Hall–Kier alpha value is -2.81. The second-order valence-corrected chi connectivity index (χ2v) is 7.08. The summed E-state index contributed by atoms with van der Waals surface area (Å²) in [6.45, 7) is 0.425. The van der Waals surface area contributed by atoms with Gasteiger partial charge in [0.1, 0.15) is 5.82 Å². The number of carbonyl (C=O) groups is 3. The van der Waals surface area contributed by atoms with Crippen LogP contribution in [0.1, 0.15) is 24.1 Å². The van der Waals surface area contributed by atoms with Crippen LogP contribution in [0.2, 0.25) is 0 Å². The highest BCUT2D eigenvalue weighted by Gasteiger charge is 2.25. The van der Waals surface area contributed by atoms with Gasteiger partial charge >= 0.3 is 0 Å². The zero-order valence-corrected chi connectivity index (χ0v) is 15.3. The summed E-state index contributed by atoms with van der Waals surface area (Å²) in [6, 6.07) is 6.25. The van der Waals surface area contributed by atoms with Gasteiger partial charge in [-0.2, -0.15) is 0 Å². The third-order valence-electron chi connectivity index (χ3n) is 4.19. The Bertz CT molecular complexity index is 845. The average Bonchev–Trinajstić information content (AvgIpc) is 3.08. The fourth-order valence-corrected chi connectivity index (χ4v) is 3.39. The standard InChI is InChI=1S/C18H19FN4O3S/c19-14-4-2-1-3-11(14)8-21-16(25)7-13-10-27-18(22-13)23-17(26)12-5-6-15(24)20-9-12/h1-4,10,12H,5-9H2,(H,20,24)(H,21,25)(H,22,23,26). The number of hydrogen-bond donors (Lipinski definition) is 3. The van der Waals surface area contributed by atoms with Crippen LogP contribution in [0.15, 0.2) is 29.6 Å². The SMILES string of the molecule is O=C1CCC(C(=O)Nc2nc(CC(=O)NCc3ccccc3F)cs2)CN1. The van der Waals surface area contributed by atoms with Crippen LogP contribution in [0.25, 0.3) is 0 Å². The van der Waals surface area contributed by atoms with Gasteiger partial charge in [-0.15, -0.1) is 11.3 Å². The maximum absolute atomic E-state index is 13.5. The van der Waals surface area contributed by atoms with Crippen molar-refractivity contribution < 1.29 is 18.8 Å². The van der Waals surface area contributed by atoms with E-state index in [0.29, 0.717) is 35.8 Å². The Labute approximate surface area is 159 Å². The van der Waals surface area contributed by atoms with Gasteiger partial charge in [0.2, 0.25) is 17.7 Å². The number of aromatic nitrogens is 1. The van der Waals surface area contributed by atoms with Gasteiger partial charge in [-0.05, 0) is 12.5 Å². The Morgan fingerprint density at radius 1 is 1.33 bits per heavy atom. The number of piperidine rings is 1. The molecule has 1 unspecified atom stereocenters. The minimum absolute atomic E-state index is 0.0420. The third kappa shape index (κ3) is 5.33. The summed E-state index contributed by atoms with van der Waals surface area (Å²) in [5, 5.41) is 10.1. The molecular formula is C18H19FN4O3S.